The van der Waals surface area contributed by atoms with Crippen LogP contribution in [0.15, 0.2) is 36.4 Å². The largest absolute Gasteiger partial charge is 0.454 e. The van der Waals surface area contributed by atoms with Crippen molar-refractivity contribution < 1.29 is 27.8 Å². The summed E-state index contributed by atoms with van der Waals surface area (Å²) in [5.41, 5.74) is 0.988. The van der Waals surface area contributed by atoms with Crippen molar-refractivity contribution in [2.45, 2.75) is 13.0 Å². The van der Waals surface area contributed by atoms with Gasteiger partial charge in [-0.1, -0.05) is 12.1 Å². The maximum atomic E-state index is 13.4. The predicted molar refractivity (Wildman–Crippen MR) is 91.2 cm³/mol. The molecular formula is C19H16F2N2O4. The first-order valence-corrected chi connectivity index (χ1v) is 8.46. The molecule has 0 radical (unpaired) electrons. The molecule has 0 spiro atoms. The summed E-state index contributed by atoms with van der Waals surface area (Å²) in [6.45, 7) is 0.588. The van der Waals surface area contributed by atoms with Crippen molar-refractivity contribution in [2.75, 3.05) is 18.2 Å². The molecule has 1 fully saturated rings. The lowest BCUT2D eigenvalue weighted by atomic mass is 10.1. The molecule has 1 atom stereocenters. The second-order valence-corrected chi connectivity index (χ2v) is 6.30. The maximum absolute atomic E-state index is 13.4. The summed E-state index contributed by atoms with van der Waals surface area (Å²) < 4.78 is 37.2. The van der Waals surface area contributed by atoms with E-state index in [2.05, 4.69) is 5.32 Å². The number of rotatable bonds is 4. The van der Waals surface area contributed by atoms with Crippen LogP contribution in [0.4, 0.5) is 14.5 Å². The quantitative estimate of drug-likeness (QED) is 0.835. The van der Waals surface area contributed by atoms with Crippen LogP contribution in [0.5, 0.6) is 11.5 Å². The van der Waals surface area contributed by atoms with Crippen molar-refractivity contribution in [2.24, 2.45) is 5.92 Å². The Hall–Kier alpha value is -3.16. The van der Waals surface area contributed by atoms with Crippen LogP contribution in [-0.4, -0.2) is 25.2 Å². The second kappa shape index (κ2) is 6.86. The van der Waals surface area contributed by atoms with Gasteiger partial charge in [0.1, 0.15) is 5.92 Å². The van der Waals surface area contributed by atoms with E-state index in [-0.39, 0.29) is 25.6 Å². The highest BCUT2D eigenvalue weighted by atomic mass is 19.2. The van der Waals surface area contributed by atoms with E-state index in [1.165, 1.54) is 11.0 Å². The number of nitrogens with zero attached hydrogens (tertiary/aromatic N) is 1. The smallest absolute Gasteiger partial charge is 0.239 e. The first kappa shape index (κ1) is 17.3. The number of hydrogen-bond donors (Lipinski definition) is 1. The van der Waals surface area contributed by atoms with E-state index in [1.807, 2.05) is 0 Å². The van der Waals surface area contributed by atoms with E-state index in [9.17, 15) is 18.4 Å². The highest BCUT2D eigenvalue weighted by Crippen LogP contribution is 2.35. The molecule has 0 aromatic heterocycles. The van der Waals surface area contributed by atoms with Gasteiger partial charge in [-0.05, 0) is 24.6 Å². The maximum Gasteiger partial charge on any atom is 0.239 e. The molecule has 2 heterocycles. The minimum Gasteiger partial charge on any atom is -0.454 e. The van der Waals surface area contributed by atoms with Gasteiger partial charge in [-0.3, -0.25) is 9.59 Å². The van der Waals surface area contributed by atoms with Gasteiger partial charge in [0.15, 0.2) is 23.1 Å². The number of anilines is 1. The van der Waals surface area contributed by atoms with Crippen LogP contribution in [0.1, 0.15) is 12.0 Å². The Kier molecular flexibility index (Phi) is 4.39. The highest BCUT2D eigenvalue weighted by molar-refractivity contribution is 6.09. The Bertz CT molecular complexity index is 919. The monoisotopic (exact) mass is 374 g/mol. The molecule has 1 N–H and O–H groups in total. The number of halogens is 2. The Morgan fingerprint density at radius 2 is 2.04 bits per heavy atom. The van der Waals surface area contributed by atoms with E-state index in [1.54, 1.807) is 18.2 Å². The molecule has 8 heteroatoms. The average molecular weight is 374 g/mol. The molecule has 2 aromatic rings. The lowest BCUT2D eigenvalue weighted by Crippen LogP contribution is -2.36. The molecule has 6 nitrogen and oxygen atoms in total. The summed E-state index contributed by atoms with van der Waals surface area (Å²) in [7, 11) is 0. The van der Waals surface area contributed by atoms with Gasteiger partial charge in [0.2, 0.25) is 18.6 Å². The van der Waals surface area contributed by atoms with Crippen LogP contribution in [0.3, 0.4) is 0 Å². The molecule has 0 bridgehead atoms. The van der Waals surface area contributed by atoms with Crippen LogP contribution < -0.4 is 19.7 Å². The van der Waals surface area contributed by atoms with Crippen molar-refractivity contribution in [1.29, 1.82) is 0 Å². The molecule has 2 aliphatic rings. The zero-order valence-corrected chi connectivity index (χ0v) is 14.2. The van der Waals surface area contributed by atoms with Gasteiger partial charge >= 0.3 is 0 Å². The van der Waals surface area contributed by atoms with E-state index >= 15 is 0 Å². The Labute approximate surface area is 153 Å². The number of para-hydroxylation sites is 1. The third-order valence-electron chi connectivity index (χ3n) is 4.67. The van der Waals surface area contributed by atoms with E-state index in [4.69, 9.17) is 9.47 Å². The second-order valence-electron chi connectivity index (χ2n) is 6.30. The molecule has 2 aliphatic heterocycles. The van der Waals surface area contributed by atoms with E-state index in [0.717, 1.165) is 17.7 Å². The van der Waals surface area contributed by atoms with Crippen LogP contribution in [0.25, 0.3) is 0 Å². The van der Waals surface area contributed by atoms with Gasteiger partial charge in [0, 0.05) is 30.4 Å². The Balaban J connectivity index is 1.42. The highest BCUT2D eigenvalue weighted by Gasteiger charge is 2.37. The molecule has 27 heavy (non-hydrogen) atoms. The molecular weight excluding hydrogens is 358 g/mol. The third kappa shape index (κ3) is 3.18. The Morgan fingerprint density at radius 3 is 2.85 bits per heavy atom. The third-order valence-corrected chi connectivity index (χ3v) is 4.67. The summed E-state index contributed by atoms with van der Waals surface area (Å²) in [5.74, 6) is -2.54. The number of hydrogen-bond acceptors (Lipinski definition) is 4. The first-order chi connectivity index (χ1) is 13.0. The van der Waals surface area contributed by atoms with Gasteiger partial charge < -0.3 is 19.7 Å². The van der Waals surface area contributed by atoms with Gasteiger partial charge in [-0.25, -0.2) is 8.78 Å². The van der Waals surface area contributed by atoms with Crippen molar-refractivity contribution in [1.82, 2.24) is 5.32 Å². The van der Waals surface area contributed by atoms with Crippen LogP contribution >= 0.6 is 0 Å². The van der Waals surface area contributed by atoms with Gasteiger partial charge in [0.05, 0.1) is 0 Å². The standard InChI is InChI=1S/C19H16F2N2O4/c20-14-5-4-12(8-15(14)21)23-7-6-13(19(23)25)18(24)22-9-11-2-1-3-16-17(11)27-10-26-16/h1-5,8,13H,6-7,9-10H2,(H,22,24)/t13-/m1/s1. The first-order valence-electron chi connectivity index (χ1n) is 8.46. The number of carbonyl (C=O) groups is 2. The average Bonchev–Trinajstić information content (AvgIpc) is 3.29. The van der Waals surface area contributed by atoms with Gasteiger partial charge in [0.25, 0.3) is 0 Å². The number of benzene rings is 2. The number of nitrogens with one attached hydrogen (secondary N) is 1. The molecule has 2 amide bonds. The molecule has 0 unspecified atom stereocenters. The number of amides is 2. The molecule has 0 saturated carbocycles. The number of ether oxygens (including phenoxy) is 2. The molecule has 4 rings (SSSR count). The number of carbonyl (C=O) groups excluding carboxylic acids is 2. The van der Waals surface area contributed by atoms with Crippen molar-refractivity contribution in [3.05, 3.63) is 53.6 Å². The zero-order chi connectivity index (χ0) is 19.0. The summed E-state index contributed by atoms with van der Waals surface area (Å²) in [5, 5.41) is 2.74. The molecule has 140 valence electrons. The minimum absolute atomic E-state index is 0.130. The molecule has 0 aliphatic carbocycles. The van der Waals surface area contributed by atoms with Crippen LogP contribution in [0, 0.1) is 17.6 Å². The summed E-state index contributed by atoms with van der Waals surface area (Å²) in [4.78, 5) is 26.3. The Morgan fingerprint density at radius 1 is 1.19 bits per heavy atom. The van der Waals surface area contributed by atoms with Crippen LogP contribution in [-0.2, 0) is 16.1 Å². The fraction of sp³-hybridized carbons (Fsp3) is 0.263. The SMILES string of the molecule is O=C(NCc1cccc2c1OCO2)[C@H]1CCN(c2ccc(F)c(F)c2)C1=O. The lowest BCUT2D eigenvalue weighted by molar-refractivity contribution is -0.132. The normalized spacial score (nSPS) is 18.1. The minimum atomic E-state index is -1.03. The van der Waals surface area contributed by atoms with E-state index < -0.39 is 29.4 Å². The van der Waals surface area contributed by atoms with Gasteiger partial charge in [-0.2, -0.15) is 0 Å². The molecule has 2 aromatic carbocycles. The molecule has 1 saturated heterocycles. The topological polar surface area (TPSA) is 67.9 Å². The van der Waals surface area contributed by atoms with Crippen LogP contribution in [0.2, 0.25) is 0 Å². The fourth-order valence-corrected chi connectivity index (χ4v) is 3.27. The van der Waals surface area contributed by atoms with Gasteiger partial charge in [-0.15, -0.1) is 0 Å². The zero-order valence-electron chi connectivity index (χ0n) is 14.2. The van der Waals surface area contributed by atoms with Crippen molar-refractivity contribution in [3.63, 3.8) is 0 Å². The predicted octanol–water partition coefficient (Wildman–Crippen LogP) is 2.36. The number of fused-ring (bicyclic) bond motifs is 1. The lowest BCUT2D eigenvalue weighted by Gasteiger charge is -2.17. The van der Waals surface area contributed by atoms with Crippen molar-refractivity contribution >= 4 is 17.5 Å². The van der Waals surface area contributed by atoms with Crippen molar-refractivity contribution in [3.8, 4) is 11.5 Å². The summed E-state index contributed by atoms with van der Waals surface area (Å²) in [6, 6.07) is 8.61. The fourth-order valence-electron chi connectivity index (χ4n) is 3.27. The summed E-state index contributed by atoms with van der Waals surface area (Å²) >= 11 is 0. The summed E-state index contributed by atoms with van der Waals surface area (Å²) in [6.07, 6.45) is 0.302. The van der Waals surface area contributed by atoms with E-state index in [0.29, 0.717) is 17.9 Å².